The van der Waals surface area contributed by atoms with Gasteiger partial charge in [-0.05, 0) is 55.8 Å². The van der Waals surface area contributed by atoms with Crippen LogP contribution < -0.4 is 10.2 Å². The molecule has 9 nitrogen and oxygen atoms in total. The second kappa shape index (κ2) is 9.56. The van der Waals surface area contributed by atoms with Gasteiger partial charge in [-0.3, -0.25) is 9.69 Å². The Balaban J connectivity index is 1.40. The van der Waals surface area contributed by atoms with Gasteiger partial charge < -0.3 is 14.8 Å². The molecule has 2 aromatic carbocycles. The summed E-state index contributed by atoms with van der Waals surface area (Å²) < 4.78 is 11.6. The monoisotopic (exact) mass is 448 g/mol. The summed E-state index contributed by atoms with van der Waals surface area (Å²) >= 11 is 0. The zero-order valence-electron chi connectivity index (χ0n) is 18.4. The molecule has 1 saturated heterocycles. The molecule has 9 heteroatoms. The highest BCUT2D eigenvalue weighted by atomic mass is 16.6. The third kappa shape index (κ3) is 4.72. The molecular weight excluding hydrogens is 424 g/mol. The molecule has 0 aliphatic carbocycles. The van der Waals surface area contributed by atoms with E-state index in [-0.39, 0.29) is 12.0 Å². The Morgan fingerprint density at radius 2 is 1.94 bits per heavy atom. The number of carbonyl (C=O) groups excluding carboxylic acids is 3. The minimum absolute atomic E-state index is 0.225. The van der Waals surface area contributed by atoms with Crippen molar-refractivity contribution in [2.75, 3.05) is 24.7 Å². The number of benzene rings is 2. The van der Waals surface area contributed by atoms with Crippen molar-refractivity contribution in [3.8, 4) is 5.69 Å². The van der Waals surface area contributed by atoms with Crippen LogP contribution >= 0.6 is 0 Å². The smallest absolute Gasteiger partial charge is 0.414 e. The number of hydrogen-bond acceptors (Lipinski definition) is 6. The van der Waals surface area contributed by atoms with Crippen molar-refractivity contribution in [1.82, 2.24) is 15.1 Å². The molecule has 2 heterocycles. The van der Waals surface area contributed by atoms with Crippen LogP contribution in [0.4, 0.5) is 10.5 Å². The molecular formula is C24H24N4O5. The molecule has 2 amide bonds. The van der Waals surface area contributed by atoms with E-state index in [1.165, 1.54) is 6.20 Å². The number of cyclic esters (lactones) is 1. The summed E-state index contributed by atoms with van der Waals surface area (Å²) in [5, 5.41) is 7.16. The molecule has 1 aromatic heterocycles. The van der Waals surface area contributed by atoms with Crippen LogP contribution in [0.15, 0.2) is 54.7 Å². The van der Waals surface area contributed by atoms with Crippen LogP contribution in [0.3, 0.4) is 0 Å². The van der Waals surface area contributed by atoms with E-state index >= 15 is 0 Å². The Morgan fingerprint density at radius 3 is 2.64 bits per heavy atom. The van der Waals surface area contributed by atoms with E-state index in [0.29, 0.717) is 43.1 Å². The summed E-state index contributed by atoms with van der Waals surface area (Å²) in [5.41, 5.74) is 3.90. The number of nitrogens with one attached hydrogen (secondary N) is 1. The van der Waals surface area contributed by atoms with Crippen LogP contribution in [0.5, 0.6) is 0 Å². The van der Waals surface area contributed by atoms with Crippen molar-refractivity contribution >= 4 is 23.7 Å². The molecule has 1 N–H and O–H groups in total. The van der Waals surface area contributed by atoms with Crippen molar-refractivity contribution in [1.29, 1.82) is 0 Å². The zero-order chi connectivity index (χ0) is 23.4. The fourth-order valence-electron chi connectivity index (χ4n) is 3.58. The molecule has 170 valence electrons. The number of ether oxygens (including phenoxy) is 2. The van der Waals surface area contributed by atoms with E-state index in [1.807, 2.05) is 24.3 Å². The molecule has 33 heavy (non-hydrogen) atoms. The van der Waals surface area contributed by atoms with Crippen LogP contribution in [-0.2, 0) is 16.0 Å². The van der Waals surface area contributed by atoms with E-state index in [2.05, 4.69) is 10.4 Å². The molecule has 0 atom stereocenters. The Labute approximate surface area is 190 Å². The van der Waals surface area contributed by atoms with E-state index in [9.17, 15) is 14.4 Å². The molecule has 0 bridgehead atoms. The maximum Gasteiger partial charge on any atom is 0.414 e. The first-order valence-corrected chi connectivity index (χ1v) is 10.6. The summed E-state index contributed by atoms with van der Waals surface area (Å²) in [6, 6.07) is 14.4. The molecule has 0 unspecified atom stereocenters. The molecule has 3 aromatic rings. The maximum absolute atomic E-state index is 12.6. The minimum Gasteiger partial charge on any atom is -0.462 e. The fraction of sp³-hybridized carbons (Fsp3) is 0.250. The molecule has 0 spiro atoms. The first-order chi connectivity index (χ1) is 16.0. The van der Waals surface area contributed by atoms with Gasteiger partial charge in [-0.2, -0.15) is 5.10 Å². The molecule has 0 radical (unpaired) electrons. The van der Waals surface area contributed by atoms with Gasteiger partial charge in [0.15, 0.2) is 0 Å². The molecule has 4 rings (SSSR count). The summed E-state index contributed by atoms with van der Waals surface area (Å²) in [6.07, 6.45) is 1.11. The molecule has 0 saturated carbocycles. The zero-order valence-corrected chi connectivity index (χ0v) is 18.4. The molecule has 1 aliphatic rings. The van der Waals surface area contributed by atoms with Gasteiger partial charge in [-0.15, -0.1) is 0 Å². The average molecular weight is 448 g/mol. The third-order valence-corrected chi connectivity index (χ3v) is 5.32. The Kier molecular flexibility index (Phi) is 6.39. The predicted molar refractivity (Wildman–Crippen MR) is 121 cm³/mol. The molecule has 1 aliphatic heterocycles. The van der Waals surface area contributed by atoms with E-state index in [0.717, 1.165) is 16.9 Å². The topological polar surface area (TPSA) is 103 Å². The Hall–Kier alpha value is -4.14. The van der Waals surface area contributed by atoms with Crippen LogP contribution in [0.2, 0.25) is 0 Å². The number of aromatic nitrogens is 2. The number of esters is 1. The lowest BCUT2D eigenvalue weighted by atomic mass is 10.1. The number of hydrogen-bond donors (Lipinski definition) is 1. The highest BCUT2D eigenvalue weighted by molar-refractivity contribution is 5.94. The summed E-state index contributed by atoms with van der Waals surface area (Å²) in [4.78, 5) is 37.9. The van der Waals surface area contributed by atoms with Crippen LogP contribution in [0.1, 0.15) is 38.9 Å². The van der Waals surface area contributed by atoms with Gasteiger partial charge in [0.2, 0.25) is 0 Å². The maximum atomic E-state index is 12.6. The van der Waals surface area contributed by atoms with Crippen LogP contribution in [0.25, 0.3) is 5.69 Å². The lowest BCUT2D eigenvalue weighted by Gasteiger charge is -2.14. The largest absolute Gasteiger partial charge is 0.462 e. The lowest BCUT2D eigenvalue weighted by molar-refractivity contribution is 0.0525. The third-order valence-electron chi connectivity index (χ3n) is 5.32. The standard InChI is InChI=1S/C24H24N4O5/c1-3-32-23(30)21-15-26-28(16(21)2)19-9-7-18(8-10-19)22(29)25-14-17-5-4-6-20(13-17)27-11-12-33-24(27)31/h4-10,13,15H,3,11-12,14H2,1-2H3,(H,25,29). The normalized spacial score (nSPS) is 13.0. The van der Waals surface area contributed by atoms with E-state index in [4.69, 9.17) is 9.47 Å². The number of carbonyl (C=O) groups is 3. The first kappa shape index (κ1) is 22.1. The van der Waals surface area contributed by atoms with Crippen molar-refractivity contribution in [3.63, 3.8) is 0 Å². The van der Waals surface area contributed by atoms with Crippen molar-refractivity contribution in [2.45, 2.75) is 20.4 Å². The van der Waals surface area contributed by atoms with Gasteiger partial charge >= 0.3 is 12.1 Å². The number of anilines is 1. The highest BCUT2D eigenvalue weighted by Gasteiger charge is 2.23. The molecule has 1 fully saturated rings. The van der Waals surface area contributed by atoms with Gasteiger partial charge in [-0.1, -0.05) is 12.1 Å². The van der Waals surface area contributed by atoms with Gasteiger partial charge in [0.25, 0.3) is 5.91 Å². The number of amides is 2. The quantitative estimate of drug-likeness (QED) is 0.557. The van der Waals surface area contributed by atoms with Gasteiger partial charge in [0.05, 0.1) is 30.7 Å². The van der Waals surface area contributed by atoms with Gasteiger partial charge in [0.1, 0.15) is 12.2 Å². The van der Waals surface area contributed by atoms with Crippen LogP contribution in [0, 0.1) is 6.92 Å². The SMILES string of the molecule is CCOC(=O)c1cnn(-c2ccc(C(=O)NCc3cccc(N4CCOC4=O)c3)cc2)c1C. The van der Waals surface area contributed by atoms with Gasteiger partial charge in [0, 0.05) is 17.8 Å². The second-order valence-corrected chi connectivity index (χ2v) is 7.44. The van der Waals surface area contributed by atoms with Crippen molar-refractivity contribution in [2.24, 2.45) is 0 Å². The number of nitrogens with zero attached hydrogens (tertiary/aromatic N) is 3. The highest BCUT2D eigenvalue weighted by Crippen LogP contribution is 2.20. The summed E-state index contributed by atoms with van der Waals surface area (Å²) in [5.74, 6) is -0.639. The predicted octanol–water partition coefficient (Wildman–Crippen LogP) is 3.24. The fourth-order valence-corrected chi connectivity index (χ4v) is 3.58. The van der Waals surface area contributed by atoms with Crippen molar-refractivity contribution < 1.29 is 23.9 Å². The lowest BCUT2D eigenvalue weighted by Crippen LogP contribution is -2.25. The Morgan fingerprint density at radius 1 is 1.15 bits per heavy atom. The van der Waals surface area contributed by atoms with E-state index < -0.39 is 5.97 Å². The average Bonchev–Trinajstić information content (AvgIpc) is 3.43. The second-order valence-electron chi connectivity index (χ2n) is 7.44. The van der Waals surface area contributed by atoms with Crippen molar-refractivity contribution in [3.05, 3.63) is 77.1 Å². The first-order valence-electron chi connectivity index (χ1n) is 10.6. The summed E-state index contributed by atoms with van der Waals surface area (Å²) in [7, 11) is 0. The minimum atomic E-state index is -0.414. The number of rotatable bonds is 7. The Bertz CT molecular complexity index is 1190. The van der Waals surface area contributed by atoms with E-state index in [1.54, 1.807) is 47.7 Å². The van der Waals surface area contributed by atoms with Gasteiger partial charge in [-0.25, -0.2) is 14.3 Å². The van der Waals surface area contributed by atoms with Crippen LogP contribution in [-0.4, -0.2) is 47.5 Å². The summed E-state index contributed by atoms with van der Waals surface area (Å²) in [6.45, 7) is 5.04.